The van der Waals surface area contributed by atoms with Gasteiger partial charge in [0.2, 0.25) is 0 Å². The van der Waals surface area contributed by atoms with Crippen molar-refractivity contribution >= 4 is 12.4 Å². The van der Waals surface area contributed by atoms with Gasteiger partial charge in [-0.25, -0.2) is 0 Å². The fourth-order valence-corrected chi connectivity index (χ4v) is 2.12. The molecular weight excluding hydrogens is 222 g/mol. The van der Waals surface area contributed by atoms with Crippen LogP contribution in [0, 0.1) is 0 Å². The third-order valence-corrected chi connectivity index (χ3v) is 2.98. The quantitative estimate of drug-likeness (QED) is 0.878. The molecule has 1 aliphatic heterocycles. The molecule has 0 saturated heterocycles. The molecule has 16 heavy (non-hydrogen) atoms. The van der Waals surface area contributed by atoms with Gasteiger partial charge >= 0.3 is 0 Å². The number of fused-ring (bicyclic) bond motifs is 1. The standard InChI is InChI=1S/C13H19NO.ClH/c1-3-8-14-13-10(2)15-9-11-6-4-5-7-12(11)13;/h4-7,10,13-14H,3,8-9H2,1-2H3;1H/t10-,13+;/m0./s1. The van der Waals surface area contributed by atoms with E-state index in [0.717, 1.165) is 19.6 Å². The average molecular weight is 242 g/mol. The molecular formula is C13H20ClNO. The van der Waals surface area contributed by atoms with Crippen molar-refractivity contribution in [3.8, 4) is 0 Å². The summed E-state index contributed by atoms with van der Waals surface area (Å²) < 4.78 is 5.75. The Hall–Kier alpha value is -0.570. The zero-order valence-corrected chi connectivity index (χ0v) is 10.7. The molecule has 0 radical (unpaired) electrons. The van der Waals surface area contributed by atoms with Crippen molar-refractivity contribution in [2.75, 3.05) is 6.54 Å². The minimum Gasteiger partial charge on any atom is -0.372 e. The van der Waals surface area contributed by atoms with Gasteiger partial charge < -0.3 is 10.1 Å². The molecule has 0 bridgehead atoms. The molecule has 0 spiro atoms. The second kappa shape index (κ2) is 6.24. The number of nitrogens with one attached hydrogen (secondary N) is 1. The Balaban J connectivity index is 0.00000128. The molecule has 1 aromatic rings. The molecule has 0 unspecified atom stereocenters. The number of rotatable bonds is 3. The van der Waals surface area contributed by atoms with Crippen molar-refractivity contribution in [1.29, 1.82) is 0 Å². The van der Waals surface area contributed by atoms with E-state index < -0.39 is 0 Å². The van der Waals surface area contributed by atoms with Gasteiger partial charge in [-0.1, -0.05) is 31.2 Å². The van der Waals surface area contributed by atoms with Crippen molar-refractivity contribution in [2.45, 2.75) is 39.0 Å². The Bertz CT molecular complexity index is 329. The van der Waals surface area contributed by atoms with Gasteiger partial charge in [-0.2, -0.15) is 0 Å². The first-order valence-corrected chi connectivity index (χ1v) is 5.75. The van der Waals surface area contributed by atoms with Crippen molar-refractivity contribution < 1.29 is 4.74 Å². The Morgan fingerprint density at radius 2 is 2.12 bits per heavy atom. The molecule has 1 aliphatic rings. The summed E-state index contributed by atoms with van der Waals surface area (Å²) in [5.41, 5.74) is 2.73. The van der Waals surface area contributed by atoms with Crippen LogP contribution in [0.3, 0.4) is 0 Å². The maximum absolute atomic E-state index is 5.75. The van der Waals surface area contributed by atoms with Crippen LogP contribution in [0.25, 0.3) is 0 Å². The van der Waals surface area contributed by atoms with Gasteiger partial charge in [0, 0.05) is 0 Å². The number of halogens is 1. The number of benzene rings is 1. The van der Waals surface area contributed by atoms with E-state index in [0.29, 0.717) is 6.04 Å². The van der Waals surface area contributed by atoms with Crippen molar-refractivity contribution in [3.63, 3.8) is 0 Å². The highest BCUT2D eigenvalue weighted by molar-refractivity contribution is 5.85. The first kappa shape index (κ1) is 13.5. The summed E-state index contributed by atoms with van der Waals surface area (Å²) in [5, 5.41) is 3.55. The average Bonchev–Trinajstić information content (AvgIpc) is 2.28. The topological polar surface area (TPSA) is 21.3 Å². The summed E-state index contributed by atoms with van der Waals surface area (Å²) in [5.74, 6) is 0. The van der Waals surface area contributed by atoms with E-state index in [1.165, 1.54) is 11.1 Å². The minimum atomic E-state index is 0. The van der Waals surface area contributed by atoms with Gasteiger partial charge in [-0.15, -0.1) is 12.4 Å². The van der Waals surface area contributed by atoms with Crippen LogP contribution in [-0.2, 0) is 11.3 Å². The summed E-state index contributed by atoms with van der Waals surface area (Å²) in [4.78, 5) is 0. The van der Waals surface area contributed by atoms with Gasteiger partial charge in [0.15, 0.2) is 0 Å². The fraction of sp³-hybridized carbons (Fsp3) is 0.538. The predicted octanol–water partition coefficient (Wildman–Crippen LogP) is 3.07. The van der Waals surface area contributed by atoms with E-state index in [4.69, 9.17) is 4.74 Å². The summed E-state index contributed by atoms with van der Waals surface area (Å²) in [6.07, 6.45) is 1.43. The number of hydrogen-bond acceptors (Lipinski definition) is 2. The van der Waals surface area contributed by atoms with E-state index in [2.05, 4.69) is 43.4 Å². The zero-order chi connectivity index (χ0) is 10.7. The van der Waals surface area contributed by atoms with E-state index in [-0.39, 0.29) is 18.5 Å². The van der Waals surface area contributed by atoms with Gasteiger partial charge in [0.1, 0.15) is 0 Å². The fourth-order valence-electron chi connectivity index (χ4n) is 2.12. The van der Waals surface area contributed by atoms with Gasteiger partial charge in [-0.05, 0) is 31.0 Å². The molecule has 0 amide bonds. The lowest BCUT2D eigenvalue weighted by Gasteiger charge is -2.32. The third kappa shape index (κ3) is 2.76. The molecule has 2 nitrogen and oxygen atoms in total. The molecule has 0 aromatic heterocycles. The Kier molecular flexibility index (Phi) is 5.26. The number of ether oxygens (including phenoxy) is 1. The highest BCUT2D eigenvalue weighted by Crippen LogP contribution is 2.28. The van der Waals surface area contributed by atoms with Crippen molar-refractivity contribution in [2.24, 2.45) is 0 Å². The Morgan fingerprint density at radius 1 is 1.38 bits per heavy atom. The lowest BCUT2D eigenvalue weighted by molar-refractivity contribution is 0.0116. The molecule has 0 aliphatic carbocycles. The van der Waals surface area contributed by atoms with Crippen LogP contribution in [-0.4, -0.2) is 12.6 Å². The lowest BCUT2D eigenvalue weighted by atomic mass is 9.94. The van der Waals surface area contributed by atoms with Crippen LogP contribution in [0.4, 0.5) is 0 Å². The van der Waals surface area contributed by atoms with E-state index >= 15 is 0 Å². The van der Waals surface area contributed by atoms with Crippen LogP contribution < -0.4 is 5.32 Å². The summed E-state index contributed by atoms with van der Waals surface area (Å²) in [6, 6.07) is 8.91. The maximum atomic E-state index is 5.75. The second-order valence-electron chi connectivity index (χ2n) is 4.15. The molecule has 1 N–H and O–H groups in total. The minimum absolute atomic E-state index is 0. The highest BCUT2D eigenvalue weighted by Gasteiger charge is 2.25. The normalized spacial score (nSPS) is 23.4. The van der Waals surface area contributed by atoms with Crippen molar-refractivity contribution in [1.82, 2.24) is 5.32 Å². The summed E-state index contributed by atoms with van der Waals surface area (Å²) in [7, 11) is 0. The zero-order valence-electron chi connectivity index (χ0n) is 9.90. The Labute approximate surface area is 104 Å². The molecule has 2 rings (SSSR count). The highest BCUT2D eigenvalue weighted by atomic mass is 35.5. The van der Waals surface area contributed by atoms with E-state index in [1.54, 1.807) is 0 Å². The largest absolute Gasteiger partial charge is 0.372 e. The maximum Gasteiger partial charge on any atom is 0.0746 e. The van der Waals surface area contributed by atoms with E-state index in [9.17, 15) is 0 Å². The lowest BCUT2D eigenvalue weighted by Crippen LogP contribution is -2.36. The summed E-state index contributed by atoms with van der Waals surface area (Å²) >= 11 is 0. The predicted molar refractivity (Wildman–Crippen MR) is 69.0 cm³/mol. The van der Waals surface area contributed by atoms with E-state index in [1.807, 2.05) is 0 Å². The van der Waals surface area contributed by atoms with Crippen LogP contribution in [0.15, 0.2) is 24.3 Å². The van der Waals surface area contributed by atoms with Gasteiger partial charge in [0.25, 0.3) is 0 Å². The third-order valence-electron chi connectivity index (χ3n) is 2.98. The molecule has 1 aromatic carbocycles. The SMILES string of the molecule is CCCN[C@H]1c2ccccc2CO[C@H]1C.Cl. The molecule has 90 valence electrons. The monoisotopic (exact) mass is 241 g/mol. The van der Waals surface area contributed by atoms with Crippen molar-refractivity contribution in [3.05, 3.63) is 35.4 Å². The van der Waals surface area contributed by atoms with Gasteiger partial charge in [0.05, 0.1) is 18.8 Å². The first-order chi connectivity index (χ1) is 7.33. The van der Waals surface area contributed by atoms with Gasteiger partial charge in [-0.3, -0.25) is 0 Å². The number of hydrogen-bond donors (Lipinski definition) is 1. The van der Waals surface area contributed by atoms with Crippen LogP contribution >= 0.6 is 12.4 Å². The molecule has 0 saturated carbocycles. The first-order valence-electron chi connectivity index (χ1n) is 5.75. The smallest absolute Gasteiger partial charge is 0.0746 e. The van der Waals surface area contributed by atoms with Crippen LogP contribution in [0.2, 0.25) is 0 Å². The van der Waals surface area contributed by atoms with Crippen LogP contribution in [0.1, 0.15) is 37.4 Å². The molecule has 3 heteroatoms. The molecule has 2 atom stereocenters. The molecule has 1 heterocycles. The van der Waals surface area contributed by atoms with Crippen LogP contribution in [0.5, 0.6) is 0 Å². The molecule has 0 fully saturated rings. The summed E-state index contributed by atoms with van der Waals surface area (Å²) in [6.45, 7) is 6.13. The second-order valence-corrected chi connectivity index (χ2v) is 4.15. The Morgan fingerprint density at radius 3 is 2.88 bits per heavy atom.